The van der Waals surface area contributed by atoms with Crippen LogP contribution in [0.2, 0.25) is 0 Å². The first kappa shape index (κ1) is 12.3. The van der Waals surface area contributed by atoms with Crippen LogP contribution < -0.4 is 10.1 Å². The number of benzene rings is 1. The standard InChI is InChI=1S/C13H17F2NO/c1-9-4-2-6-11(12(9)17-13(14)15)10-5-3-7-16-8-10/h2,4,6,10,13,16H,3,5,7-8H2,1H3. The van der Waals surface area contributed by atoms with Crippen molar-refractivity contribution in [3.05, 3.63) is 29.3 Å². The summed E-state index contributed by atoms with van der Waals surface area (Å²) in [6.45, 7) is 0.889. The first-order chi connectivity index (χ1) is 8.18. The second-order valence-corrected chi connectivity index (χ2v) is 4.42. The Bertz CT molecular complexity index is 376. The third-order valence-electron chi connectivity index (χ3n) is 3.19. The van der Waals surface area contributed by atoms with Crippen molar-refractivity contribution in [3.63, 3.8) is 0 Å². The topological polar surface area (TPSA) is 21.3 Å². The Hall–Kier alpha value is -1.16. The van der Waals surface area contributed by atoms with Gasteiger partial charge in [-0.15, -0.1) is 0 Å². The van der Waals surface area contributed by atoms with Gasteiger partial charge in [0, 0.05) is 12.5 Å². The molecule has 1 N–H and O–H groups in total. The van der Waals surface area contributed by atoms with Gasteiger partial charge in [0.15, 0.2) is 0 Å². The molecule has 4 heteroatoms. The molecule has 1 aliphatic rings. The Labute approximate surface area is 100.0 Å². The maximum Gasteiger partial charge on any atom is 0.387 e. The molecule has 1 aliphatic heterocycles. The van der Waals surface area contributed by atoms with Crippen LogP contribution in [-0.2, 0) is 0 Å². The molecule has 2 rings (SSSR count). The van der Waals surface area contributed by atoms with E-state index >= 15 is 0 Å². The fraction of sp³-hybridized carbons (Fsp3) is 0.538. The normalized spacial score (nSPS) is 20.6. The summed E-state index contributed by atoms with van der Waals surface area (Å²) in [5, 5.41) is 3.29. The van der Waals surface area contributed by atoms with Gasteiger partial charge < -0.3 is 10.1 Å². The number of alkyl halides is 2. The van der Waals surface area contributed by atoms with Gasteiger partial charge in [0.1, 0.15) is 5.75 Å². The largest absolute Gasteiger partial charge is 0.434 e. The van der Waals surface area contributed by atoms with E-state index in [1.165, 1.54) is 0 Å². The van der Waals surface area contributed by atoms with E-state index in [1.807, 2.05) is 12.1 Å². The molecule has 1 atom stereocenters. The van der Waals surface area contributed by atoms with Gasteiger partial charge in [-0.2, -0.15) is 8.78 Å². The van der Waals surface area contributed by atoms with Crippen LogP contribution in [-0.4, -0.2) is 19.7 Å². The van der Waals surface area contributed by atoms with Gasteiger partial charge in [-0.05, 0) is 37.4 Å². The number of halogens is 2. The number of aryl methyl sites for hydroxylation is 1. The monoisotopic (exact) mass is 241 g/mol. The van der Waals surface area contributed by atoms with Crippen molar-refractivity contribution < 1.29 is 13.5 Å². The molecule has 0 bridgehead atoms. The second kappa shape index (κ2) is 5.45. The minimum Gasteiger partial charge on any atom is -0.434 e. The maximum atomic E-state index is 12.4. The van der Waals surface area contributed by atoms with Crippen molar-refractivity contribution in [3.8, 4) is 5.75 Å². The van der Waals surface area contributed by atoms with E-state index in [2.05, 4.69) is 10.1 Å². The van der Waals surface area contributed by atoms with Crippen LogP contribution in [0.4, 0.5) is 8.78 Å². The van der Waals surface area contributed by atoms with Crippen molar-refractivity contribution in [2.75, 3.05) is 13.1 Å². The number of rotatable bonds is 3. The number of para-hydroxylation sites is 1. The quantitative estimate of drug-likeness (QED) is 0.878. The zero-order valence-corrected chi connectivity index (χ0v) is 9.88. The smallest absolute Gasteiger partial charge is 0.387 e. The van der Waals surface area contributed by atoms with Gasteiger partial charge in [-0.3, -0.25) is 0 Å². The lowest BCUT2D eigenvalue weighted by Crippen LogP contribution is -2.28. The van der Waals surface area contributed by atoms with Gasteiger partial charge in [0.05, 0.1) is 0 Å². The van der Waals surface area contributed by atoms with E-state index in [4.69, 9.17) is 0 Å². The van der Waals surface area contributed by atoms with Crippen LogP contribution in [0.15, 0.2) is 18.2 Å². The van der Waals surface area contributed by atoms with Crippen LogP contribution in [0.25, 0.3) is 0 Å². The fourth-order valence-electron chi connectivity index (χ4n) is 2.36. The predicted molar refractivity (Wildman–Crippen MR) is 62.7 cm³/mol. The Morgan fingerprint density at radius 2 is 2.24 bits per heavy atom. The Balaban J connectivity index is 2.27. The summed E-state index contributed by atoms with van der Waals surface area (Å²) in [5.41, 5.74) is 1.67. The molecule has 2 nitrogen and oxygen atoms in total. The van der Waals surface area contributed by atoms with Crippen molar-refractivity contribution in [1.82, 2.24) is 5.32 Å². The summed E-state index contributed by atoms with van der Waals surface area (Å²) in [6.07, 6.45) is 2.10. The van der Waals surface area contributed by atoms with Gasteiger partial charge in [0.2, 0.25) is 0 Å². The van der Waals surface area contributed by atoms with Crippen LogP contribution in [0.1, 0.15) is 29.9 Å². The highest BCUT2D eigenvalue weighted by Crippen LogP contribution is 2.34. The van der Waals surface area contributed by atoms with E-state index in [9.17, 15) is 8.78 Å². The Morgan fingerprint density at radius 1 is 1.41 bits per heavy atom. The molecule has 0 radical (unpaired) electrons. The lowest BCUT2D eigenvalue weighted by atomic mass is 9.90. The summed E-state index contributed by atoms with van der Waals surface area (Å²) < 4.78 is 29.5. The number of hydrogen-bond acceptors (Lipinski definition) is 2. The third-order valence-corrected chi connectivity index (χ3v) is 3.19. The number of hydrogen-bond donors (Lipinski definition) is 1. The summed E-state index contributed by atoms with van der Waals surface area (Å²) >= 11 is 0. The number of piperidine rings is 1. The van der Waals surface area contributed by atoms with Crippen LogP contribution >= 0.6 is 0 Å². The second-order valence-electron chi connectivity index (χ2n) is 4.42. The molecular formula is C13H17F2NO. The van der Waals surface area contributed by atoms with E-state index in [0.29, 0.717) is 5.75 Å². The molecule has 1 unspecified atom stereocenters. The van der Waals surface area contributed by atoms with Crippen molar-refractivity contribution in [2.24, 2.45) is 0 Å². The lowest BCUT2D eigenvalue weighted by molar-refractivity contribution is -0.0511. The van der Waals surface area contributed by atoms with Gasteiger partial charge in [-0.1, -0.05) is 18.2 Å². The molecule has 94 valence electrons. The molecule has 0 spiro atoms. The molecule has 17 heavy (non-hydrogen) atoms. The SMILES string of the molecule is Cc1cccc(C2CCCNC2)c1OC(F)F. The molecule has 0 saturated carbocycles. The van der Waals surface area contributed by atoms with E-state index in [0.717, 1.165) is 37.1 Å². The molecule has 1 saturated heterocycles. The lowest BCUT2D eigenvalue weighted by Gasteiger charge is -2.25. The minimum atomic E-state index is -2.76. The zero-order valence-electron chi connectivity index (χ0n) is 9.88. The first-order valence-corrected chi connectivity index (χ1v) is 5.93. The molecule has 1 heterocycles. The molecule has 1 fully saturated rings. The summed E-state index contributed by atoms with van der Waals surface area (Å²) in [7, 11) is 0. The summed E-state index contributed by atoms with van der Waals surface area (Å²) in [4.78, 5) is 0. The van der Waals surface area contributed by atoms with Gasteiger partial charge >= 0.3 is 6.61 Å². The van der Waals surface area contributed by atoms with E-state index in [1.54, 1.807) is 13.0 Å². The van der Waals surface area contributed by atoms with E-state index < -0.39 is 6.61 Å². The van der Waals surface area contributed by atoms with E-state index in [-0.39, 0.29) is 5.92 Å². The highest BCUT2D eigenvalue weighted by molar-refractivity contribution is 5.43. The third kappa shape index (κ3) is 2.94. The molecular weight excluding hydrogens is 224 g/mol. The summed E-state index contributed by atoms with van der Waals surface area (Å²) in [6, 6.07) is 5.59. The van der Waals surface area contributed by atoms with Crippen LogP contribution in [0.5, 0.6) is 5.75 Å². The summed E-state index contributed by atoms with van der Waals surface area (Å²) in [5.74, 6) is 0.633. The molecule has 0 aliphatic carbocycles. The average molecular weight is 241 g/mol. The van der Waals surface area contributed by atoms with Gasteiger partial charge in [-0.25, -0.2) is 0 Å². The zero-order chi connectivity index (χ0) is 12.3. The van der Waals surface area contributed by atoms with Crippen molar-refractivity contribution in [2.45, 2.75) is 32.3 Å². The first-order valence-electron chi connectivity index (χ1n) is 5.93. The van der Waals surface area contributed by atoms with Crippen molar-refractivity contribution in [1.29, 1.82) is 0 Å². The maximum absolute atomic E-state index is 12.4. The number of nitrogens with one attached hydrogen (secondary N) is 1. The molecule has 0 amide bonds. The fourth-order valence-corrected chi connectivity index (χ4v) is 2.36. The number of ether oxygens (including phenoxy) is 1. The Kier molecular flexibility index (Phi) is 3.94. The molecule has 0 aromatic heterocycles. The Morgan fingerprint density at radius 3 is 2.88 bits per heavy atom. The molecule has 1 aromatic rings. The van der Waals surface area contributed by atoms with Crippen molar-refractivity contribution >= 4 is 0 Å². The van der Waals surface area contributed by atoms with Crippen LogP contribution in [0, 0.1) is 6.92 Å². The van der Waals surface area contributed by atoms with Gasteiger partial charge in [0.25, 0.3) is 0 Å². The predicted octanol–water partition coefficient (Wildman–Crippen LogP) is 3.06. The minimum absolute atomic E-state index is 0.275. The highest BCUT2D eigenvalue weighted by Gasteiger charge is 2.21. The average Bonchev–Trinajstić information content (AvgIpc) is 2.32. The van der Waals surface area contributed by atoms with Crippen LogP contribution in [0.3, 0.4) is 0 Å². The molecule has 1 aromatic carbocycles. The highest BCUT2D eigenvalue weighted by atomic mass is 19.3.